The van der Waals surface area contributed by atoms with Gasteiger partial charge in [0.05, 0.1) is 16.6 Å². The van der Waals surface area contributed by atoms with Gasteiger partial charge in [-0.25, -0.2) is 9.37 Å². The third-order valence-corrected chi connectivity index (χ3v) is 6.11. The number of aromatic nitrogens is 1. The Balaban J connectivity index is 1.22. The van der Waals surface area contributed by atoms with Gasteiger partial charge in [0.25, 0.3) is 0 Å². The third-order valence-electron chi connectivity index (χ3n) is 5.03. The fraction of sp³-hybridized carbons (Fsp3) is 0.300. The number of amides is 1. The number of piperazine rings is 1. The van der Waals surface area contributed by atoms with Gasteiger partial charge in [0.1, 0.15) is 5.82 Å². The number of halogens is 1. The second-order valence-electron chi connectivity index (χ2n) is 6.84. The van der Waals surface area contributed by atoms with Crippen LogP contribution in [0.15, 0.2) is 36.4 Å². The lowest BCUT2D eigenvalue weighted by Gasteiger charge is -2.34. The van der Waals surface area contributed by atoms with Crippen LogP contribution in [0.3, 0.4) is 0 Å². The Morgan fingerprint density at radius 2 is 1.89 bits per heavy atom. The second-order valence-corrected chi connectivity index (χ2v) is 7.85. The number of carbonyl (C=O) groups is 1. The van der Waals surface area contributed by atoms with Crippen molar-refractivity contribution in [2.75, 3.05) is 37.9 Å². The van der Waals surface area contributed by atoms with Crippen LogP contribution in [0.25, 0.3) is 10.2 Å². The van der Waals surface area contributed by atoms with Crippen LogP contribution in [0.1, 0.15) is 5.56 Å². The molecule has 1 amide bonds. The molecule has 2 aromatic carbocycles. The molecule has 0 radical (unpaired) electrons. The van der Waals surface area contributed by atoms with Crippen LogP contribution in [0.4, 0.5) is 9.52 Å². The first-order valence-electron chi connectivity index (χ1n) is 9.13. The summed E-state index contributed by atoms with van der Waals surface area (Å²) in [6.07, 6.45) is 0.344. The van der Waals surface area contributed by atoms with Crippen LogP contribution in [-0.2, 0) is 11.2 Å². The Morgan fingerprint density at radius 1 is 1.07 bits per heavy atom. The Morgan fingerprint density at radius 3 is 2.75 bits per heavy atom. The molecular weight excluding hydrogens is 381 g/mol. The van der Waals surface area contributed by atoms with Crippen LogP contribution >= 0.6 is 11.3 Å². The standard InChI is InChI=1S/C20H18FN3O3S/c21-14-2-3-15-18(11-14)28-20(22-15)24-7-5-23(6-8-24)19(25)10-13-1-4-16-17(9-13)27-12-26-16/h1-4,9,11H,5-8,10,12H2. The molecule has 2 aliphatic heterocycles. The van der Waals surface area contributed by atoms with E-state index in [1.165, 1.54) is 23.5 Å². The Bertz CT molecular complexity index is 1050. The molecule has 1 saturated heterocycles. The average Bonchev–Trinajstić information content (AvgIpc) is 3.34. The summed E-state index contributed by atoms with van der Waals surface area (Å²) in [5, 5.41) is 0.878. The van der Waals surface area contributed by atoms with Crippen LogP contribution in [-0.4, -0.2) is 48.8 Å². The molecule has 28 heavy (non-hydrogen) atoms. The number of ether oxygens (including phenoxy) is 2. The zero-order valence-corrected chi connectivity index (χ0v) is 15.9. The minimum atomic E-state index is -0.248. The highest BCUT2D eigenvalue weighted by atomic mass is 32.1. The second kappa shape index (κ2) is 6.94. The van der Waals surface area contributed by atoms with Gasteiger partial charge in [0.15, 0.2) is 16.6 Å². The number of thiazole rings is 1. The van der Waals surface area contributed by atoms with Crippen molar-refractivity contribution in [1.29, 1.82) is 0 Å². The number of hydrogen-bond donors (Lipinski definition) is 0. The molecule has 3 aromatic rings. The molecule has 5 rings (SSSR count). The lowest BCUT2D eigenvalue weighted by Crippen LogP contribution is -2.49. The number of rotatable bonds is 3. The zero-order chi connectivity index (χ0) is 19.1. The Hall–Kier alpha value is -2.87. The summed E-state index contributed by atoms with van der Waals surface area (Å²) in [6, 6.07) is 10.3. The minimum Gasteiger partial charge on any atom is -0.454 e. The predicted molar refractivity (Wildman–Crippen MR) is 105 cm³/mol. The van der Waals surface area contributed by atoms with Gasteiger partial charge >= 0.3 is 0 Å². The lowest BCUT2D eigenvalue weighted by atomic mass is 10.1. The van der Waals surface area contributed by atoms with Crippen LogP contribution in [0.2, 0.25) is 0 Å². The maximum absolute atomic E-state index is 13.4. The summed E-state index contributed by atoms with van der Waals surface area (Å²) in [6.45, 7) is 2.96. The van der Waals surface area contributed by atoms with Gasteiger partial charge in [-0.1, -0.05) is 17.4 Å². The van der Waals surface area contributed by atoms with E-state index in [4.69, 9.17) is 9.47 Å². The number of nitrogens with zero attached hydrogens (tertiary/aromatic N) is 3. The molecule has 0 unspecified atom stereocenters. The molecule has 0 N–H and O–H groups in total. The number of hydrogen-bond acceptors (Lipinski definition) is 6. The molecule has 0 spiro atoms. The summed E-state index contributed by atoms with van der Waals surface area (Å²) >= 11 is 1.49. The van der Waals surface area contributed by atoms with Crippen molar-refractivity contribution in [3.05, 3.63) is 47.8 Å². The van der Waals surface area contributed by atoms with Crippen LogP contribution < -0.4 is 14.4 Å². The first-order valence-corrected chi connectivity index (χ1v) is 9.95. The van der Waals surface area contributed by atoms with E-state index >= 15 is 0 Å². The Kier molecular flexibility index (Phi) is 4.27. The minimum absolute atomic E-state index is 0.102. The fourth-order valence-electron chi connectivity index (χ4n) is 3.51. The highest BCUT2D eigenvalue weighted by Crippen LogP contribution is 2.33. The molecule has 3 heterocycles. The summed E-state index contributed by atoms with van der Waals surface area (Å²) in [4.78, 5) is 21.3. The molecule has 1 fully saturated rings. The van der Waals surface area contributed by atoms with E-state index in [9.17, 15) is 9.18 Å². The number of benzene rings is 2. The Labute approximate surface area is 165 Å². The molecule has 0 bridgehead atoms. The smallest absolute Gasteiger partial charge is 0.231 e. The van der Waals surface area contributed by atoms with Gasteiger partial charge in [-0.2, -0.15) is 0 Å². The van der Waals surface area contributed by atoms with E-state index in [0.29, 0.717) is 25.3 Å². The maximum atomic E-state index is 13.4. The van der Waals surface area contributed by atoms with Crippen molar-refractivity contribution in [2.24, 2.45) is 0 Å². The molecule has 1 aromatic heterocycles. The van der Waals surface area contributed by atoms with Gasteiger partial charge in [-0.15, -0.1) is 0 Å². The van der Waals surface area contributed by atoms with Gasteiger partial charge < -0.3 is 19.3 Å². The normalized spacial score (nSPS) is 16.0. The first kappa shape index (κ1) is 17.2. The van der Waals surface area contributed by atoms with Crippen molar-refractivity contribution >= 4 is 32.6 Å². The predicted octanol–water partition coefficient (Wildman–Crippen LogP) is 3.06. The van der Waals surface area contributed by atoms with Crippen LogP contribution in [0.5, 0.6) is 11.5 Å². The van der Waals surface area contributed by atoms with Crippen LogP contribution in [0, 0.1) is 5.82 Å². The van der Waals surface area contributed by atoms with Crippen molar-refractivity contribution in [1.82, 2.24) is 9.88 Å². The number of carbonyl (C=O) groups excluding carboxylic acids is 1. The van der Waals surface area contributed by atoms with E-state index in [0.717, 1.165) is 39.8 Å². The SMILES string of the molecule is O=C(Cc1ccc2c(c1)OCO2)N1CCN(c2nc3ccc(F)cc3s2)CC1. The van der Waals surface area contributed by atoms with Gasteiger partial charge in [-0.3, -0.25) is 4.79 Å². The monoisotopic (exact) mass is 399 g/mol. The maximum Gasteiger partial charge on any atom is 0.231 e. The third kappa shape index (κ3) is 3.24. The highest BCUT2D eigenvalue weighted by Gasteiger charge is 2.24. The van der Waals surface area contributed by atoms with E-state index in [1.54, 1.807) is 6.07 Å². The topological polar surface area (TPSA) is 54.9 Å². The van der Waals surface area contributed by atoms with Gasteiger partial charge in [0, 0.05) is 26.2 Å². The van der Waals surface area contributed by atoms with E-state index in [-0.39, 0.29) is 18.5 Å². The summed E-state index contributed by atoms with van der Waals surface area (Å²) in [5.41, 5.74) is 1.73. The van der Waals surface area contributed by atoms with Crippen molar-refractivity contribution in [3.8, 4) is 11.5 Å². The van der Waals surface area contributed by atoms with Gasteiger partial charge in [0.2, 0.25) is 12.7 Å². The fourth-order valence-corrected chi connectivity index (χ4v) is 4.55. The van der Waals surface area contributed by atoms with E-state index < -0.39 is 0 Å². The molecule has 0 atom stereocenters. The van der Waals surface area contributed by atoms with E-state index in [1.807, 2.05) is 23.1 Å². The molecule has 6 nitrogen and oxygen atoms in total. The lowest BCUT2D eigenvalue weighted by molar-refractivity contribution is -0.130. The average molecular weight is 399 g/mol. The van der Waals surface area contributed by atoms with Gasteiger partial charge in [-0.05, 0) is 35.9 Å². The molecule has 8 heteroatoms. The highest BCUT2D eigenvalue weighted by molar-refractivity contribution is 7.22. The summed E-state index contributed by atoms with van der Waals surface area (Å²) in [7, 11) is 0. The molecule has 0 saturated carbocycles. The first-order chi connectivity index (χ1) is 13.7. The molecule has 0 aliphatic carbocycles. The van der Waals surface area contributed by atoms with E-state index in [2.05, 4.69) is 9.88 Å². The van der Waals surface area contributed by atoms with Crippen molar-refractivity contribution in [2.45, 2.75) is 6.42 Å². The molecular formula is C20H18FN3O3S. The zero-order valence-electron chi connectivity index (χ0n) is 15.1. The molecule has 2 aliphatic rings. The van der Waals surface area contributed by atoms with Crippen molar-refractivity contribution < 1.29 is 18.7 Å². The molecule has 144 valence electrons. The summed E-state index contributed by atoms with van der Waals surface area (Å²) < 4.78 is 24.9. The summed E-state index contributed by atoms with van der Waals surface area (Å²) in [5.74, 6) is 1.27. The number of fused-ring (bicyclic) bond motifs is 2. The quantitative estimate of drug-likeness (QED) is 0.678. The van der Waals surface area contributed by atoms with Crippen molar-refractivity contribution in [3.63, 3.8) is 0 Å². The number of anilines is 1. The largest absolute Gasteiger partial charge is 0.454 e.